The average Bonchev–Trinajstić information content (AvgIpc) is 2.97. The van der Waals surface area contributed by atoms with Gasteiger partial charge in [0.15, 0.2) is 0 Å². The SMILES string of the molecule is CCN(CC)CCOc1ccc(Nc2ncc(-c3cccc(C(N)=O)c3)c(Nc3ccccc3OC)n2)cc1. The van der Waals surface area contributed by atoms with E-state index in [2.05, 4.69) is 34.4 Å². The van der Waals surface area contributed by atoms with E-state index in [0.29, 0.717) is 35.2 Å². The van der Waals surface area contributed by atoms with Gasteiger partial charge >= 0.3 is 0 Å². The first kappa shape index (κ1) is 27.4. The summed E-state index contributed by atoms with van der Waals surface area (Å²) in [6.07, 6.45) is 1.71. The fourth-order valence-corrected chi connectivity index (χ4v) is 4.06. The number of benzene rings is 3. The maximum Gasteiger partial charge on any atom is 0.248 e. The third-order valence-corrected chi connectivity index (χ3v) is 6.29. The Morgan fingerprint density at radius 1 is 0.974 bits per heavy atom. The van der Waals surface area contributed by atoms with Crippen molar-refractivity contribution in [2.24, 2.45) is 5.73 Å². The van der Waals surface area contributed by atoms with Gasteiger partial charge in [-0.15, -0.1) is 0 Å². The van der Waals surface area contributed by atoms with Crippen LogP contribution in [-0.2, 0) is 0 Å². The number of methoxy groups -OCH3 is 1. The molecule has 0 aliphatic carbocycles. The smallest absolute Gasteiger partial charge is 0.248 e. The number of nitrogens with one attached hydrogen (secondary N) is 2. The molecule has 1 aromatic heterocycles. The van der Waals surface area contributed by atoms with E-state index in [1.807, 2.05) is 54.6 Å². The first-order chi connectivity index (χ1) is 19.0. The second kappa shape index (κ2) is 13.3. The van der Waals surface area contributed by atoms with E-state index in [0.717, 1.165) is 42.3 Å². The van der Waals surface area contributed by atoms with Gasteiger partial charge in [-0.1, -0.05) is 38.1 Å². The molecule has 0 spiro atoms. The molecule has 3 aromatic carbocycles. The van der Waals surface area contributed by atoms with Gasteiger partial charge in [0.1, 0.15) is 23.9 Å². The minimum absolute atomic E-state index is 0.400. The topological polar surface area (TPSA) is 115 Å². The maximum atomic E-state index is 11.8. The van der Waals surface area contributed by atoms with E-state index in [9.17, 15) is 4.79 Å². The second-order valence-corrected chi connectivity index (χ2v) is 8.75. The van der Waals surface area contributed by atoms with Crippen LogP contribution in [0.4, 0.5) is 23.1 Å². The van der Waals surface area contributed by atoms with E-state index < -0.39 is 5.91 Å². The largest absolute Gasteiger partial charge is 0.495 e. The van der Waals surface area contributed by atoms with E-state index in [1.54, 1.807) is 31.5 Å². The van der Waals surface area contributed by atoms with Gasteiger partial charge in [-0.3, -0.25) is 4.79 Å². The Morgan fingerprint density at radius 3 is 2.46 bits per heavy atom. The van der Waals surface area contributed by atoms with Gasteiger partial charge in [0.05, 0.1) is 12.8 Å². The lowest BCUT2D eigenvalue weighted by molar-refractivity contribution is 0.100. The number of carbonyl (C=O) groups excluding carboxylic acids is 1. The van der Waals surface area contributed by atoms with Crippen LogP contribution in [0.25, 0.3) is 11.1 Å². The number of ether oxygens (including phenoxy) is 2. The molecule has 0 radical (unpaired) electrons. The zero-order valence-corrected chi connectivity index (χ0v) is 22.5. The zero-order valence-electron chi connectivity index (χ0n) is 22.5. The summed E-state index contributed by atoms with van der Waals surface area (Å²) < 4.78 is 11.4. The number of aromatic nitrogens is 2. The average molecular weight is 527 g/mol. The Balaban J connectivity index is 1.57. The summed E-state index contributed by atoms with van der Waals surface area (Å²) in [6, 6.07) is 22.3. The van der Waals surface area contributed by atoms with Crippen molar-refractivity contribution in [3.05, 3.63) is 84.6 Å². The van der Waals surface area contributed by atoms with E-state index in [1.165, 1.54) is 0 Å². The Labute approximate surface area is 229 Å². The minimum Gasteiger partial charge on any atom is -0.495 e. The molecule has 0 unspecified atom stereocenters. The summed E-state index contributed by atoms with van der Waals surface area (Å²) >= 11 is 0. The van der Waals surface area contributed by atoms with Crippen molar-refractivity contribution in [3.63, 3.8) is 0 Å². The molecule has 0 aliphatic rings. The summed E-state index contributed by atoms with van der Waals surface area (Å²) in [5, 5.41) is 6.62. The van der Waals surface area contributed by atoms with E-state index in [-0.39, 0.29) is 0 Å². The lowest BCUT2D eigenvalue weighted by Gasteiger charge is -2.18. The molecule has 0 saturated carbocycles. The second-order valence-electron chi connectivity index (χ2n) is 8.75. The normalized spacial score (nSPS) is 10.8. The number of hydrogen-bond donors (Lipinski definition) is 3. The molecule has 9 nitrogen and oxygen atoms in total. The van der Waals surface area contributed by atoms with Crippen LogP contribution in [-0.4, -0.2) is 54.1 Å². The van der Waals surface area contributed by atoms with Gasteiger partial charge < -0.3 is 30.7 Å². The van der Waals surface area contributed by atoms with Crippen LogP contribution >= 0.6 is 0 Å². The molecule has 0 fully saturated rings. The third kappa shape index (κ3) is 7.24. The van der Waals surface area contributed by atoms with Crippen molar-refractivity contribution >= 4 is 29.0 Å². The highest BCUT2D eigenvalue weighted by molar-refractivity contribution is 5.94. The summed E-state index contributed by atoms with van der Waals surface area (Å²) in [5.74, 6) is 1.90. The molecule has 0 aliphatic heterocycles. The lowest BCUT2D eigenvalue weighted by atomic mass is 10.0. The highest BCUT2D eigenvalue weighted by atomic mass is 16.5. The number of nitrogens with two attached hydrogens (primary N) is 1. The van der Waals surface area contributed by atoms with Crippen LogP contribution in [0.3, 0.4) is 0 Å². The quantitative estimate of drug-likeness (QED) is 0.210. The predicted molar refractivity (Wildman–Crippen MR) is 155 cm³/mol. The summed E-state index contributed by atoms with van der Waals surface area (Å²) in [4.78, 5) is 23.4. The number of hydrogen-bond acceptors (Lipinski definition) is 8. The van der Waals surface area contributed by atoms with E-state index in [4.69, 9.17) is 20.2 Å². The number of primary amides is 1. The number of amides is 1. The highest BCUT2D eigenvalue weighted by Crippen LogP contribution is 2.33. The molecule has 4 rings (SSSR count). The van der Waals surface area contributed by atoms with Crippen molar-refractivity contribution in [1.29, 1.82) is 0 Å². The fraction of sp³-hybridized carbons (Fsp3) is 0.233. The first-order valence-corrected chi connectivity index (χ1v) is 12.9. The molecule has 0 bridgehead atoms. The lowest BCUT2D eigenvalue weighted by Crippen LogP contribution is -2.27. The number of para-hydroxylation sites is 2. The Hall–Kier alpha value is -4.63. The van der Waals surface area contributed by atoms with Crippen molar-refractivity contribution in [2.45, 2.75) is 13.8 Å². The van der Waals surface area contributed by atoms with Gasteiger partial charge in [0.2, 0.25) is 11.9 Å². The molecule has 0 saturated heterocycles. The Morgan fingerprint density at radius 2 is 1.74 bits per heavy atom. The molecular formula is C30H34N6O3. The zero-order chi connectivity index (χ0) is 27.6. The molecule has 1 heterocycles. The number of likely N-dealkylation sites (N-methyl/N-ethyl adjacent to an activating group) is 1. The van der Waals surface area contributed by atoms with Crippen LogP contribution in [0.2, 0.25) is 0 Å². The molecule has 4 N–H and O–H groups in total. The van der Waals surface area contributed by atoms with Crippen LogP contribution < -0.4 is 25.8 Å². The minimum atomic E-state index is -0.504. The summed E-state index contributed by atoms with van der Waals surface area (Å²) in [6.45, 7) is 7.82. The number of carbonyl (C=O) groups is 1. The number of rotatable bonds is 13. The van der Waals surface area contributed by atoms with Crippen LogP contribution in [0.15, 0.2) is 79.0 Å². The van der Waals surface area contributed by atoms with Crippen molar-refractivity contribution < 1.29 is 14.3 Å². The monoisotopic (exact) mass is 526 g/mol. The standard InChI is InChI=1S/C30H34N6O3/c1-4-36(5-2)17-18-39-24-15-13-23(14-16-24)33-30-32-20-25(21-9-8-10-22(19-21)28(31)37)29(35-30)34-26-11-6-7-12-27(26)38-3/h6-16,19-20H,4-5,17-18H2,1-3H3,(H2,31,37)(H2,32,33,34,35). The molecule has 202 valence electrons. The number of nitrogens with zero attached hydrogens (tertiary/aromatic N) is 3. The van der Waals surface area contributed by atoms with Gasteiger partial charge in [-0.05, 0) is 67.2 Å². The van der Waals surface area contributed by atoms with Crippen LogP contribution in [0.5, 0.6) is 11.5 Å². The Bertz CT molecular complexity index is 1390. The third-order valence-electron chi connectivity index (χ3n) is 6.29. The highest BCUT2D eigenvalue weighted by Gasteiger charge is 2.14. The Kier molecular flexibility index (Phi) is 9.31. The maximum absolute atomic E-state index is 11.8. The molecule has 4 aromatic rings. The summed E-state index contributed by atoms with van der Waals surface area (Å²) in [5.41, 5.74) is 8.92. The summed E-state index contributed by atoms with van der Waals surface area (Å²) in [7, 11) is 1.61. The van der Waals surface area contributed by atoms with Crippen molar-refractivity contribution in [2.75, 3.05) is 44.0 Å². The molecule has 9 heteroatoms. The molecule has 0 atom stereocenters. The first-order valence-electron chi connectivity index (χ1n) is 12.9. The molecular weight excluding hydrogens is 492 g/mol. The van der Waals surface area contributed by atoms with Crippen molar-refractivity contribution in [1.82, 2.24) is 14.9 Å². The van der Waals surface area contributed by atoms with Crippen LogP contribution in [0, 0.1) is 0 Å². The van der Waals surface area contributed by atoms with Gasteiger partial charge in [-0.2, -0.15) is 4.98 Å². The van der Waals surface area contributed by atoms with Crippen LogP contribution in [0.1, 0.15) is 24.2 Å². The molecule has 1 amide bonds. The van der Waals surface area contributed by atoms with Gasteiger partial charge in [-0.25, -0.2) is 4.98 Å². The van der Waals surface area contributed by atoms with Gasteiger partial charge in [0.25, 0.3) is 0 Å². The molecule has 39 heavy (non-hydrogen) atoms. The number of anilines is 4. The predicted octanol–water partition coefficient (Wildman–Crippen LogP) is 5.46. The van der Waals surface area contributed by atoms with E-state index >= 15 is 0 Å². The van der Waals surface area contributed by atoms with Crippen molar-refractivity contribution in [3.8, 4) is 22.6 Å². The van der Waals surface area contributed by atoms with Gasteiger partial charge in [0, 0.05) is 29.6 Å². The fourth-order valence-electron chi connectivity index (χ4n) is 4.06.